The van der Waals surface area contributed by atoms with E-state index >= 15 is 0 Å². The van der Waals surface area contributed by atoms with Gasteiger partial charge in [0.15, 0.2) is 5.76 Å². The van der Waals surface area contributed by atoms with E-state index in [0.717, 1.165) is 67.7 Å². The molecule has 0 fully saturated rings. The van der Waals surface area contributed by atoms with Crippen LogP contribution < -0.4 is 9.64 Å². The molecule has 0 bridgehead atoms. The lowest BCUT2D eigenvalue weighted by molar-refractivity contribution is 0.191. The lowest BCUT2D eigenvalue weighted by Crippen LogP contribution is -2.18. The Morgan fingerprint density at radius 1 is 0.811 bits per heavy atom. The number of furan rings is 1. The first-order valence-corrected chi connectivity index (χ1v) is 12.4. The minimum atomic E-state index is -0.727. The number of fused-ring (bicyclic) bond motifs is 7. The molecule has 5 aromatic rings. The normalized spacial score (nSPS) is 17.3. The van der Waals surface area contributed by atoms with Crippen LogP contribution in [0.5, 0.6) is 5.75 Å². The highest BCUT2D eigenvalue weighted by Crippen LogP contribution is 2.48. The summed E-state index contributed by atoms with van der Waals surface area (Å²) in [4.78, 5) is 2.24. The van der Waals surface area contributed by atoms with Gasteiger partial charge in [-0.2, -0.15) is 0 Å². The van der Waals surface area contributed by atoms with Crippen LogP contribution in [-0.2, 0) is 0 Å². The number of nitrogens with zero attached hydrogens (tertiary/aromatic N) is 1. The average Bonchev–Trinajstić information content (AvgIpc) is 3.21. The molecule has 0 radical (unpaired) electrons. The second-order valence-corrected chi connectivity index (χ2v) is 9.53. The molecule has 37 heavy (non-hydrogen) atoms. The number of allylic oxidation sites excluding steroid dienone is 1. The summed E-state index contributed by atoms with van der Waals surface area (Å²) < 4.78 is 12.5. The third-order valence-corrected chi connectivity index (χ3v) is 7.39. The van der Waals surface area contributed by atoms with E-state index in [1.807, 2.05) is 48.6 Å². The largest absolute Gasteiger partial charge is 0.456 e. The van der Waals surface area contributed by atoms with Gasteiger partial charge in [-0.3, -0.25) is 0 Å². The monoisotopic (exact) mass is 479 g/mol. The molecule has 4 nitrogen and oxygen atoms in total. The molecule has 1 atom stereocenters. The van der Waals surface area contributed by atoms with Gasteiger partial charge in [0, 0.05) is 39.7 Å². The summed E-state index contributed by atoms with van der Waals surface area (Å²) >= 11 is 0. The maximum Gasteiger partial charge on any atom is 0.175 e. The predicted octanol–water partition coefficient (Wildman–Crippen LogP) is 8.33. The number of anilines is 3. The van der Waals surface area contributed by atoms with E-state index < -0.39 is 6.10 Å². The maximum atomic E-state index is 11.0. The van der Waals surface area contributed by atoms with Crippen LogP contribution in [0.15, 0.2) is 112 Å². The molecular formula is C33H21NO3. The number of hydrogen-bond donors (Lipinski definition) is 1. The van der Waals surface area contributed by atoms with Crippen molar-refractivity contribution in [2.24, 2.45) is 0 Å². The molecule has 1 N–H and O–H groups in total. The molecule has 0 saturated heterocycles. The van der Waals surface area contributed by atoms with E-state index in [1.165, 1.54) is 0 Å². The molecule has 4 heteroatoms. The highest BCUT2D eigenvalue weighted by Gasteiger charge is 2.30. The lowest BCUT2D eigenvalue weighted by Gasteiger charge is -2.31. The van der Waals surface area contributed by atoms with Gasteiger partial charge in [0.2, 0.25) is 0 Å². The first kappa shape index (κ1) is 20.4. The summed E-state index contributed by atoms with van der Waals surface area (Å²) in [6, 6.07) is 26.9. The van der Waals surface area contributed by atoms with Crippen LogP contribution in [0.2, 0.25) is 0 Å². The summed E-state index contributed by atoms with van der Waals surface area (Å²) in [5.41, 5.74) is 11.6. The van der Waals surface area contributed by atoms with Crippen LogP contribution in [0.1, 0.15) is 29.2 Å². The quantitative estimate of drug-likeness (QED) is 0.241. The van der Waals surface area contributed by atoms with Gasteiger partial charge in [-0.05, 0) is 47.9 Å². The van der Waals surface area contributed by atoms with E-state index in [9.17, 15) is 5.11 Å². The molecule has 176 valence electrons. The van der Waals surface area contributed by atoms with E-state index in [0.29, 0.717) is 11.5 Å². The summed E-state index contributed by atoms with van der Waals surface area (Å²) in [7, 11) is 0. The standard InChI is InChI=1S/C33H21NO3/c35-33-24-9-3-6-12-30(24)37-31-18-22(15-16-25(31)33)34-27-10-4-1-7-20(27)13-14-21-17-26-23-8-2-5-11-29(23)36-32(26)19-28(21)34/h1-2,4-11,13-19,33,35H,3H2. The third kappa shape index (κ3) is 3.01. The van der Waals surface area contributed by atoms with Crippen molar-refractivity contribution in [3.8, 4) is 5.75 Å². The predicted molar refractivity (Wildman–Crippen MR) is 147 cm³/mol. The van der Waals surface area contributed by atoms with Crippen molar-refractivity contribution in [3.63, 3.8) is 0 Å². The molecule has 0 saturated carbocycles. The smallest absolute Gasteiger partial charge is 0.175 e. The number of aliphatic hydroxyl groups is 1. The summed E-state index contributed by atoms with van der Waals surface area (Å²) in [5.74, 6) is 1.23. The Labute approximate surface area is 213 Å². The average molecular weight is 480 g/mol. The van der Waals surface area contributed by atoms with E-state index in [2.05, 4.69) is 65.2 Å². The Morgan fingerprint density at radius 3 is 2.65 bits per heavy atom. The van der Waals surface area contributed by atoms with Gasteiger partial charge in [0.25, 0.3) is 0 Å². The summed E-state index contributed by atoms with van der Waals surface area (Å²) in [5, 5.41) is 13.2. The fraction of sp³-hybridized carbons (Fsp3) is 0.0606. The zero-order valence-electron chi connectivity index (χ0n) is 19.8. The van der Waals surface area contributed by atoms with Gasteiger partial charge in [-0.1, -0.05) is 66.4 Å². The number of para-hydroxylation sites is 2. The van der Waals surface area contributed by atoms with Gasteiger partial charge in [-0.25, -0.2) is 0 Å². The van der Waals surface area contributed by atoms with Gasteiger partial charge < -0.3 is 19.2 Å². The number of ether oxygens (including phenoxy) is 1. The molecule has 4 aromatic carbocycles. The summed E-state index contributed by atoms with van der Waals surface area (Å²) in [6.07, 6.45) is 8.27. The van der Waals surface area contributed by atoms with Crippen molar-refractivity contribution in [3.05, 3.63) is 125 Å². The topological polar surface area (TPSA) is 45.8 Å². The Morgan fingerprint density at radius 2 is 1.68 bits per heavy atom. The van der Waals surface area contributed by atoms with Crippen LogP contribution >= 0.6 is 0 Å². The van der Waals surface area contributed by atoms with E-state index in [1.54, 1.807) is 0 Å². The number of aliphatic hydroxyl groups excluding tert-OH is 1. The SMILES string of the molecule is OC1C2=CCC=C=C2Oc2cc(N3c4ccccc4C=Cc4cc5c(cc43)oc3ccccc35)ccc21. The van der Waals surface area contributed by atoms with Crippen LogP contribution in [0, 0.1) is 0 Å². The van der Waals surface area contributed by atoms with Crippen LogP contribution in [0.4, 0.5) is 17.1 Å². The minimum Gasteiger partial charge on any atom is -0.456 e. The van der Waals surface area contributed by atoms with Crippen molar-refractivity contribution in [2.45, 2.75) is 12.5 Å². The van der Waals surface area contributed by atoms with Crippen LogP contribution in [0.3, 0.4) is 0 Å². The van der Waals surface area contributed by atoms with E-state index in [4.69, 9.17) is 9.15 Å². The van der Waals surface area contributed by atoms with Crippen molar-refractivity contribution in [1.29, 1.82) is 0 Å². The number of benzene rings is 4. The minimum absolute atomic E-state index is 0.589. The zero-order chi connectivity index (χ0) is 24.5. The van der Waals surface area contributed by atoms with Crippen molar-refractivity contribution in [2.75, 3.05) is 4.90 Å². The third-order valence-electron chi connectivity index (χ3n) is 7.39. The fourth-order valence-electron chi connectivity index (χ4n) is 5.62. The molecule has 1 aliphatic carbocycles. The number of rotatable bonds is 1. The molecule has 3 aliphatic rings. The second kappa shape index (κ2) is 7.62. The van der Waals surface area contributed by atoms with Crippen molar-refractivity contribution < 1.29 is 14.3 Å². The van der Waals surface area contributed by atoms with Gasteiger partial charge in [0.05, 0.1) is 11.4 Å². The van der Waals surface area contributed by atoms with Crippen LogP contribution in [-0.4, -0.2) is 5.11 Å². The second-order valence-electron chi connectivity index (χ2n) is 9.53. The molecule has 0 amide bonds. The van der Waals surface area contributed by atoms with Gasteiger partial charge in [-0.15, -0.1) is 0 Å². The highest BCUT2D eigenvalue weighted by atomic mass is 16.5. The van der Waals surface area contributed by atoms with Crippen LogP contribution in [0.25, 0.3) is 34.1 Å². The molecule has 3 heterocycles. The first-order chi connectivity index (χ1) is 18.2. The van der Waals surface area contributed by atoms with Crippen molar-refractivity contribution >= 4 is 51.2 Å². The Balaban J connectivity index is 1.36. The Kier molecular flexibility index (Phi) is 4.21. The number of hydrogen-bond acceptors (Lipinski definition) is 4. The molecular weight excluding hydrogens is 458 g/mol. The fourth-order valence-corrected chi connectivity index (χ4v) is 5.62. The molecule has 0 spiro atoms. The summed E-state index contributed by atoms with van der Waals surface area (Å²) in [6.45, 7) is 0. The zero-order valence-corrected chi connectivity index (χ0v) is 19.8. The Hall–Kier alpha value is -4.76. The molecule has 8 rings (SSSR count). The highest BCUT2D eigenvalue weighted by molar-refractivity contribution is 6.08. The maximum absolute atomic E-state index is 11.0. The molecule has 2 aliphatic heterocycles. The Bertz CT molecular complexity index is 1900. The molecule has 1 aromatic heterocycles. The van der Waals surface area contributed by atoms with E-state index in [-0.39, 0.29) is 0 Å². The first-order valence-electron chi connectivity index (χ1n) is 12.4. The van der Waals surface area contributed by atoms with Gasteiger partial charge >= 0.3 is 0 Å². The van der Waals surface area contributed by atoms with Crippen molar-refractivity contribution in [1.82, 2.24) is 0 Å². The lowest BCUT2D eigenvalue weighted by atomic mass is 9.93. The van der Waals surface area contributed by atoms with Gasteiger partial charge in [0.1, 0.15) is 23.0 Å². The molecule has 1 unspecified atom stereocenters.